The molecule has 0 radical (unpaired) electrons. The summed E-state index contributed by atoms with van der Waals surface area (Å²) in [6.07, 6.45) is 5.18. The standard InChI is InChI=1S/C25H27N7O2/c1-34-23(33)21-8-7-20(27-21)17-32-15-11-25(12-16-32,29-19-5-3-2-4-6-19)24-28-22(30-31-24)18-9-13-26-14-10-18/h2-10,13-14,27,29H,11-12,15-17H2,1H3,(H,28,30,31). The largest absolute Gasteiger partial charge is 0.464 e. The van der Waals surface area contributed by atoms with Crippen molar-refractivity contribution < 1.29 is 9.53 Å². The average Bonchev–Trinajstić information content (AvgIpc) is 3.57. The lowest BCUT2D eigenvalue weighted by Gasteiger charge is -2.41. The smallest absolute Gasteiger partial charge is 0.354 e. The second-order valence-electron chi connectivity index (χ2n) is 8.48. The third kappa shape index (κ3) is 4.55. The molecule has 4 heterocycles. The number of H-pyrrole nitrogens is 2. The first kappa shape index (κ1) is 21.8. The Morgan fingerprint density at radius 1 is 1.09 bits per heavy atom. The first-order valence-corrected chi connectivity index (χ1v) is 11.3. The zero-order valence-electron chi connectivity index (χ0n) is 19.0. The van der Waals surface area contributed by atoms with Crippen LogP contribution in [0.5, 0.6) is 0 Å². The highest BCUT2D eigenvalue weighted by molar-refractivity contribution is 5.87. The van der Waals surface area contributed by atoms with Gasteiger partial charge in [0.25, 0.3) is 0 Å². The molecule has 9 heteroatoms. The fraction of sp³-hybridized carbons (Fsp3) is 0.280. The third-order valence-corrected chi connectivity index (χ3v) is 6.29. The molecule has 1 fully saturated rings. The number of nitrogens with zero attached hydrogens (tertiary/aromatic N) is 4. The van der Waals surface area contributed by atoms with Crippen molar-refractivity contribution in [1.29, 1.82) is 0 Å². The number of aromatic amines is 2. The lowest BCUT2D eigenvalue weighted by atomic mass is 9.86. The Hall–Kier alpha value is -3.98. The maximum absolute atomic E-state index is 11.7. The number of hydrogen-bond donors (Lipinski definition) is 3. The maximum Gasteiger partial charge on any atom is 0.354 e. The van der Waals surface area contributed by atoms with Crippen LogP contribution in [0.2, 0.25) is 0 Å². The Morgan fingerprint density at radius 3 is 2.59 bits per heavy atom. The Labute approximate surface area is 197 Å². The molecule has 0 aliphatic carbocycles. The highest BCUT2D eigenvalue weighted by atomic mass is 16.5. The molecule has 1 saturated heterocycles. The van der Waals surface area contributed by atoms with Crippen molar-refractivity contribution in [2.24, 2.45) is 0 Å². The van der Waals surface area contributed by atoms with E-state index in [1.807, 2.05) is 36.4 Å². The number of para-hydroxylation sites is 1. The lowest BCUT2D eigenvalue weighted by Crippen LogP contribution is -2.47. The minimum Gasteiger partial charge on any atom is -0.464 e. The summed E-state index contributed by atoms with van der Waals surface area (Å²) in [6.45, 7) is 2.45. The minimum absolute atomic E-state index is 0.355. The number of benzene rings is 1. The van der Waals surface area contributed by atoms with Gasteiger partial charge >= 0.3 is 5.97 Å². The highest BCUT2D eigenvalue weighted by Gasteiger charge is 2.39. The van der Waals surface area contributed by atoms with Crippen molar-refractivity contribution in [3.8, 4) is 11.4 Å². The topological polar surface area (TPSA) is 112 Å². The number of esters is 1. The van der Waals surface area contributed by atoms with Gasteiger partial charge in [-0.2, -0.15) is 5.10 Å². The third-order valence-electron chi connectivity index (χ3n) is 6.29. The van der Waals surface area contributed by atoms with Crippen LogP contribution < -0.4 is 5.32 Å². The predicted octanol–water partition coefficient (Wildman–Crippen LogP) is 3.58. The van der Waals surface area contributed by atoms with E-state index in [0.717, 1.165) is 55.2 Å². The van der Waals surface area contributed by atoms with Gasteiger partial charge in [-0.15, -0.1) is 0 Å². The van der Waals surface area contributed by atoms with E-state index in [1.165, 1.54) is 7.11 Å². The monoisotopic (exact) mass is 457 g/mol. The maximum atomic E-state index is 11.7. The molecule has 3 N–H and O–H groups in total. The molecule has 5 rings (SSSR count). The molecule has 0 amide bonds. The molecule has 0 bridgehead atoms. The van der Waals surface area contributed by atoms with E-state index in [1.54, 1.807) is 18.5 Å². The Morgan fingerprint density at radius 2 is 1.85 bits per heavy atom. The van der Waals surface area contributed by atoms with Crippen LogP contribution in [0.1, 0.15) is 34.8 Å². The van der Waals surface area contributed by atoms with E-state index in [2.05, 4.69) is 42.5 Å². The van der Waals surface area contributed by atoms with E-state index in [-0.39, 0.29) is 11.5 Å². The van der Waals surface area contributed by atoms with Crippen molar-refractivity contribution in [1.82, 2.24) is 30.0 Å². The fourth-order valence-corrected chi connectivity index (χ4v) is 4.42. The molecule has 1 aliphatic heterocycles. The van der Waals surface area contributed by atoms with E-state index >= 15 is 0 Å². The molecule has 34 heavy (non-hydrogen) atoms. The number of methoxy groups -OCH3 is 1. The van der Waals surface area contributed by atoms with E-state index in [0.29, 0.717) is 11.5 Å². The second-order valence-corrected chi connectivity index (χ2v) is 8.48. The van der Waals surface area contributed by atoms with Gasteiger partial charge in [-0.3, -0.25) is 15.0 Å². The summed E-state index contributed by atoms with van der Waals surface area (Å²) < 4.78 is 4.79. The molecule has 1 aromatic carbocycles. The molecular weight excluding hydrogens is 430 g/mol. The fourth-order valence-electron chi connectivity index (χ4n) is 4.42. The Bertz CT molecular complexity index is 1230. The molecule has 1 aliphatic rings. The van der Waals surface area contributed by atoms with Crippen LogP contribution in [-0.2, 0) is 16.8 Å². The first-order valence-electron chi connectivity index (χ1n) is 11.3. The number of nitrogens with one attached hydrogen (secondary N) is 3. The number of carbonyl (C=O) groups excluding carboxylic acids is 1. The minimum atomic E-state index is -0.372. The van der Waals surface area contributed by atoms with Gasteiger partial charge in [0.05, 0.1) is 12.6 Å². The van der Waals surface area contributed by atoms with Gasteiger partial charge in [-0.1, -0.05) is 18.2 Å². The summed E-state index contributed by atoms with van der Waals surface area (Å²) in [5.41, 5.74) is 3.06. The van der Waals surface area contributed by atoms with Crippen LogP contribution in [-0.4, -0.2) is 56.2 Å². The number of carbonyl (C=O) groups is 1. The van der Waals surface area contributed by atoms with Crippen molar-refractivity contribution >= 4 is 11.7 Å². The number of likely N-dealkylation sites (tertiary alicyclic amines) is 1. The van der Waals surface area contributed by atoms with Gasteiger partial charge in [0, 0.05) is 49.0 Å². The number of pyridine rings is 1. The van der Waals surface area contributed by atoms with Crippen LogP contribution in [0.25, 0.3) is 11.4 Å². The zero-order valence-corrected chi connectivity index (χ0v) is 19.0. The Kier molecular flexibility index (Phi) is 6.09. The van der Waals surface area contributed by atoms with Gasteiger partial charge in [0.1, 0.15) is 5.69 Å². The molecule has 0 unspecified atom stereocenters. The van der Waals surface area contributed by atoms with Crippen LogP contribution in [0, 0.1) is 0 Å². The molecule has 9 nitrogen and oxygen atoms in total. The van der Waals surface area contributed by atoms with Crippen molar-refractivity contribution in [2.45, 2.75) is 24.9 Å². The summed E-state index contributed by atoms with van der Waals surface area (Å²) >= 11 is 0. The quantitative estimate of drug-likeness (QED) is 0.364. The Balaban J connectivity index is 1.35. The second kappa shape index (κ2) is 9.48. The van der Waals surface area contributed by atoms with Crippen molar-refractivity contribution in [3.05, 3.63) is 84.2 Å². The van der Waals surface area contributed by atoms with Crippen LogP contribution >= 0.6 is 0 Å². The molecular formula is C25H27N7O2. The molecule has 3 aromatic heterocycles. The van der Waals surface area contributed by atoms with E-state index < -0.39 is 0 Å². The summed E-state index contributed by atoms with van der Waals surface area (Å²) in [5.74, 6) is 1.14. The van der Waals surface area contributed by atoms with Crippen LogP contribution in [0.4, 0.5) is 5.69 Å². The normalized spacial score (nSPS) is 15.7. The van der Waals surface area contributed by atoms with Gasteiger partial charge in [-0.25, -0.2) is 9.78 Å². The zero-order chi connectivity index (χ0) is 23.4. The van der Waals surface area contributed by atoms with Crippen molar-refractivity contribution in [2.75, 3.05) is 25.5 Å². The first-order chi connectivity index (χ1) is 16.6. The molecule has 0 saturated carbocycles. The van der Waals surface area contributed by atoms with Crippen LogP contribution in [0.3, 0.4) is 0 Å². The van der Waals surface area contributed by atoms with Crippen LogP contribution in [0.15, 0.2) is 67.0 Å². The number of rotatable bonds is 7. The summed E-state index contributed by atoms with van der Waals surface area (Å²) in [4.78, 5) is 26.2. The van der Waals surface area contributed by atoms with E-state index in [9.17, 15) is 4.79 Å². The SMILES string of the molecule is COC(=O)c1ccc(CN2CCC(Nc3ccccc3)(c3nc(-c4ccncc4)n[nH]3)CC2)[nH]1. The summed E-state index contributed by atoms with van der Waals surface area (Å²) in [5, 5.41) is 11.4. The van der Waals surface area contributed by atoms with Crippen molar-refractivity contribution in [3.63, 3.8) is 0 Å². The molecule has 174 valence electrons. The van der Waals surface area contributed by atoms with Gasteiger partial charge in [0.15, 0.2) is 11.6 Å². The predicted molar refractivity (Wildman–Crippen MR) is 128 cm³/mol. The summed E-state index contributed by atoms with van der Waals surface area (Å²) in [6, 6.07) is 17.7. The average molecular weight is 458 g/mol. The van der Waals surface area contributed by atoms with Gasteiger partial charge in [0.2, 0.25) is 0 Å². The molecule has 4 aromatic rings. The number of hydrogen-bond acceptors (Lipinski definition) is 7. The highest BCUT2D eigenvalue weighted by Crippen LogP contribution is 2.36. The van der Waals surface area contributed by atoms with E-state index in [4.69, 9.17) is 9.72 Å². The van der Waals surface area contributed by atoms with Gasteiger partial charge < -0.3 is 15.0 Å². The lowest BCUT2D eigenvalue weighted by molar-refractivity contribution is 0.0594. The molecule has 0 atom stereocenters. The number of anilines is 1. The molecule has 0 spiro atoms. The number of piperidine rings is 1. The summed E-state index contributed by atoms with van der Waals surface area (Å²) in [7, 11) is 1.39. The van der Waals surface area contributed by atoms with Gasteiger partial charge in [-0.05, 0) is 49.2 Å². The number of ether oxygens (including phenoxy) is 1. The number of aromatic nitrogens is 5.